The standard InChI is InChI=1S/C27H34F3N3O3/c1-26(2,3)36-25(34)32-14-13-31-16-19-10-11-20-23(17-7-5-4-6-8-17)33-22-12-9-18(27(28,29)30)15-21(22)24(20)35-19/h4-9,12,15,19-20,23-24,31,33H,10-11,13-14,16H2,1-3H3,(H,32,34)/t19-,20+,23+,24+/m1/s1. The number of carbonyl (C=O) groups excluding carboxylic acids is 1. The molecule has 0 saturated carbocycles. The summed E-state index contributed by atoms with van der Waals surface area (Å²) in [4.78, 5) is 11.8. The van der Waals surface area contributed by atoms with Crippen LogP contribution in [0.15, 0.2) is 48.5 Å². The second kappa shape index (κ2) is 10.7. The molecule has 2 heterocycles. The monoisotopic (exact) mass is 505 g/mol. The summed E-state index contributed by atoms with van der Waals surface area (Å²) in [6.45, 7) is 6.87. The van der Waals surface area contributed by atoms with Crippen LogP contribution in [0, 0.1) is 5.92 Å². The van der Waals surface area contributed by atoms with Crippen molar-refractivity contribution in [3.05, 3.63) is 65.2 Å². The third-order valence-electron chi connectivity index (χ3n) is 6.48. The zero-order chi connectivity index (χ0) is 25.9. The first-order valence-electron chi connectivity index (χ1n) is 12.4. The van der Waals surface area contributed by atoms with Crippen molar-refractivity contribution in [2.45, 2.75) is 63.6 Å². The highest BCUT2D eigenvalue weighted by Gasteiger charge is 2.43. The SMILES string of the molecule is CC(C)(C)OC(=O)NCCNC[C@H]1CC[C@@H]2[C@H](O1)c1cc(C(F)(F)F)ccc1N[C@H]2c1ccccc1. The summed E-state index contributed by atoms with van der Waals surface area (Å²) in [5.41, 5.74) is 1.09. The number of ether oxygens (including phenoxy) is 2. The van der Waals surface area contributed by atoms with E-state index < -0.39 is 29.5 Å². The van der Waals surface area contributed by atoms with E-state index in [1.54, 1.807) is 20.8 Å². The summed E-state index contributed by atoms with van der Waals surface area (Å²) in [5.74, 6) is 0.00784. The number of alkyl halides is 3. The Kier molecular flexibility index (Phi) is 7.80. The van der Waals surface area contributed by atoms with Crippen molar-refractivity contribution in [3.63, 3.8) is 0 Å². The summed E-state index contributed by atoms with van der Waals surface area (Å²) in [5, 5.41) is 9.46. The molecule has 0 radical (unpaired) electrons. The maximum Gasteiger partial charge on any atom is 0.416 e. The van der Waals surface area contributed by atoms with Crippen LogP contribution in [0.25, 0.3) is 0 Å². The Balaban J connectivity index is 1.43. The van der Waals surface area contributed by atoms with Crippen molar-refractivity contribution >= 4 is 11.8 Å². The number of anilines is 1. The normalized spacial score (nSPS) is 23.7. The number of fused-ring (bicyclic) bond motifs is 3. The smallest absolute Gasteiger partial charge is 0.416 e. The lowest BCUT2D eigenvalue weighted by Crippen LogP contribution is -2.43. The molecule has 3 N–H and O–H groups in total. The molecule has 2 aromatic rings. The van der Waals surface area contributed by atoms with Crippen molar-refractivity contribution in [3.8, 4) is 0 Å². The van der Waals surface area contributed by atoms with Crippen molar-refractivity contribution < 1.29 is 27.4 Å². The van der Waals surface area contributed by atoms with Gasteiger partial charge in [0.25, 0.3) is 0 Å². The van der Waals surface area contributed by atoms with E-state index in [0.29, 0.717) is 30.9 Å². The molecule has 1 amide bonds. The minimum Gasteiger partial charge on any atom is -0.444 e. The van der Waals surface area contributed by atoms with Crippen molar-refractivity contribution in [1.29, 1.82) is 0 Å². The fourth-order valence-corrected chi connectivity index (χ4v) is 4.90. The largest absolute Gasteiger partial charge is 0.444 e. The number of carbonyl (C=O) groups is 1. The van der Waals surface area contributed by atoms with E-state index in [4.69, 9.17) is 9.47 Å². The number of alkyl carbamates (subject to hydrolysis) is 1. The number of benzene rings is 2. The van der Waals surface area contributed by atoms with Crippen molar-refractivity contribution in [2.75, 3.05) is 25.0 Å². The van der Waals surface area contributed by atoms with Crippen molar-refractivity contribution in [2.24, 2.45) is 5.92 Å². The van der Waals surface area contributed by atoms with Gasteiger partial charge in [0.15, 0.2) is 0 Å². The molecule has 196 valence electrons. The summed E-state index contributed by atoms with van der Waals surface area (Å²) in [7, 11) is 0. The third kappa shape index (κ3) is 6.50. The van der Waals surface area contributed by atoms with Gasteiger partial charge in [-0.05, 0) is 57.4 Å². The summed E-state index contributed by atoms with van der Waals surface area (Å²) >= 11 is 0. The van der Waals surface area contributed by atoms with Crippen molar-refractivity contribution in [1.82, 2.24) is 10.6 Å². The lowest BCUT2D eigenvalue weighted by molar-refractivity contribution is -0.138. The molecule has 2 aliphatic heterocycles. The molecule has 0 spiro atoms. The molecule has 0 aliphatic carbocycles. The second-order valence-corrected chi connectivity index (χ2v) is 10.4. The molecule has 9 heteroatoms. The van der Waals surface area contributed by atoms with E-state index in [2.05, 4.69) is 16.0 Å². The van der Waals surface area contributed by atoms with Crippen LogP contribution in [0.5, 0.6) is 0 Å². The van der Waals surface area contributed by atoms with Crippen LogP contribution < -0.4 is 16.0 Å². The minimum absolute atomic E-state index is 0.00784. The predicted octanol–water partition coefficient (Wildman–Crippen LogP) is 5.82. The number of amides is 1. The average molecular weight is 506 g/mol. The van der Waals surface area contributed by atoms with Gasteiger partial charge in [0.05, 0.1) is 23.8 Å². The maximum atomic E-state index is 13.5. The van der Waals surface area contributed by atoms with E-state index in [-0.39, 0.29) is 18.1 Å². The van der Waals surface area contributed by atoms with Gasteiger partial charge in [-0.3, -0.25) is 0 Å². The number of rotatable bonds is 6. The Morgan fingerprint density at radius 1 is 1.08 bits per heavy atom. The first-order valence-corrected chi connectivity index (χ1v) is 12.4. The Hall–Kier alpha value is -2.78. The molecule has 1 fully saturated rings. The first-order chi connectivity index (χ1) is 17.0. The van der Waals surface area contributed by atoms with Crippen LogP contribution in [0.4, 0.5) is 23.7 Å². The zero-order valence-corrected chi connectivity index (χ0v) is 20.8. The Labute approximate surface area is 209 Å². The van der Waals surface area contributed by atoms with E-state index in [1.165, 1.54) is 12.1 Å². The van der Waals surface area contributed by atoms with Gasteiger partial charge >= 0.3 is 12.3 Å². The number of hydrogen-bond acceptors (Lipinski definition) is 5. The van der Waals surface area contributed by atoms with E-state index in [0.717, 1.165) is 24.5 Å². The number of halogens is 3. The third-order valence-corrected chi connectivity index (χ3v) is 6.48. The van der Waals surface area contributed by atoms with Gasteiger partial charge in [0.2, 0.25) is 0 Å². The predicted molar refractivity (Wildman–Crippen MR) is 132 cm³/mol. The number of hydrogen-bond donors (Lipinski definition) is 3. The summed E-state index contributed by atoms with van der Waals surface area (Å²) in [6, 6.07) is 13.8. The van der Waals surface area contributed by atoms with Crippen LogP contribution in [0.3, 0.4) is 0 Å². The molecule has 0 aromatic heterocycles. The molecule has 4 atom stereocenters. The highest BCUT2D eigenvalue weighted by Crippen LogP contribution is 2.51. The van der Waals surface area contributed by atoms with Crippen LogP contribution in [0.1, 0.15) is 62.4 Å². The van der Waals surface area contributed by atoms with E-state index >= 15 is 0 Å². The maximum absolute atomic E-state index is 13.5. The molecule has 0 bridgehead atoms. The van der Waals surface area contributed by atoms with E-state index in [1.807, 2.05) is 30.3 Å². The Morgan fingerprint density at radius 2 is 1.83 bits per heavy atom. The fourth-order valence-electron chi connectivity index (χ4n) is 4.90. The Morgan fingerprint density at radius 3 is 2.53 bits per heavy atom. The molecule has 1 saturated heterocycles. The molecular formula is C27H34F3N3O3. The molecule has 2 aliphatic rings. The second-order valence-electron chi connectivity index (χ2n) is 10.4. The van der Waals surface area contributed by atoms with Crippen LogP contribution in [-0.2, 0) is 15.7 Å². The highest BCUT2D eigenvalue weighted by molar-refractivity contribution is 5.67. The number of nitrogens with one attached hydrogen (secondary N) is 3. The molecule has 36 heavy (non-hydrogen) atoms. The van der Waals surface area contributed by atoms with Gasteiger partial charge in [-0.25, -0.2) is 4.79 Å². The quantitative estimate of drug-likeness (QED) is 0.432. The van der Waals surface area contributed by atoms with Crippen LogP contribution in [0.2, 0.25) is 0 Å². The highest BCUT2D eigenvalue weighted by atomic mass is 19.4. The van der Waals surface area contributed by atoms with Crippen LogP contribution >= 0.6 is 0 Å². The fraction of sp³-hybridized carbons (Fsp3) is 0.519. The van der Waals surface area contributed by atoms with Gasteiger partial charge in [0, 0.05) is 36.8 Å². The zero-order valence-electron chi connectivity index (χ0n) is 20.8. The lowest BCUT2D eigenvalue weighted by atomic mass is 9.76. The van der Waals surface area contributed by atoms with Gasteiger partial charge in [-0.1, -0.05) is 30.3 Å². The average Bonchev–Trinajstić information content (AvgIpc) is 2.81. The molecule has 2 aromatic carbocycles. The van der Waals surface area contributed by atoms with Crippen LogP contribution in [-0.4, -0.2) is 37.4 Å². The molecule has 4 rings (SSSR count). The summed E-state index contributed by atoms with van der Waals surface area (Å²) < 4.78 is 52.1. The molecule has 6 nitrogen and oxygen atoms in total. The van der Waals surface area contributed by atoms with Gasteiger partial charge in [-0.15, -0.1) is 0 Å². The van der Waals surface area contributed by atoms with Gasteiger partial charge < -0.3 is 25.4 Å². The van der Waals surface area contributed by atoms with Gasteiger partial charge in [-0.2, -0.15) is 13.2 Å². The van der Waals surface area contributed by atoms with Gasteiger partial charge in [0.1, 0.15) is 5.60 Å². The topological polar surface area (TPSA) is 71.6 Å². The molecule has 0 unspecified atom stereocenters. The van der Waals surface area contributed by atoms with E-state index in [9.17, 15) is 18.0 Å². The minimum atomic E-state index is -4.42. The first kappa shape index (κ1) is 26.3. The Bertz CT molecular complexity index is 1040. The lowest BCUT2D eigenvalue weighted by Gasteiger charge is -2.46. The molecular weight excluding hydrogens is 471 g/mol. The summed E-state index contributed by atoms with van der Waals surface area (Å²) in [6.07, 6.45) is -3.89.